The van der Waals surface area contributed by atoms with E-state index in [4.69, 9.17) is 0 Å². The quantitative estimate of drug-likeness (QED) is 0.926. The Labute approximate surface area is 125 Å². The van der Waals surface area contributed by atoms with Gasteiger partial charge in [0.25, 0.3) is 0 Å². The van der Waals surface area contributed by atoms with Crippen molar-refractivity contribution in [1.82, 2.24) is 10.3 Å². The van der Waals surface area contributed by atoms with Crippen LogP contribution in [0.15, 0.2) is 6.20 Å². The number of aromatic nitrogens is 1. The summed E-state index contributed by atoms with van der Waals surface area (Å²) in [7, 11) is 0. The van der Waals surface area contributed by atoms with Crippen molar-refractivity contribution >= 4 is 28.2 Å². The molecule has 19 heavy (non-hydrogen) atoms. The molecule has 0 aromatic carbocycles. The molecule has 108 valence electrons. The van der Waals surface area contributed by atoms with Gasteiger partial charge in [0, 0.05) is 46.7 Å². The smallest absolute Gasteiger partial charge is 0.185 e. The minimum Gasteiger partial charge on any atom is -0.346 e. The van der Waals surface area contributed by atoms with E-state index in [1.54, 1.807) is 0 Å². The number of hydrogen-bond acceptors (Lipinski definition) is 5. The summed E-state index contributed by atoms with van der Waals surface area (Å²) in [4.78, 5) is 8.35. The molecule has 5 heteroatoms. The first-order valence-electron chi connectivity index (χ1n) is 6.84. The van der Waals surface area contributed by atoms with Crippen LogP contribution in [0, 0.1) is 0 Å². The van der Waals surface area contributed by atoms with Crippen LogP contribution in [-0.4, -0.2) is 34.1 Å². The van der Waals surface area contributed by atoms with E-state index in [1.807, 2.05) is 17.5 Å². The lowest BCUT2D eigenvalue weighted by molar-refractivity contribution is 0.426. The number of nitrogens with zero attached hydrogens (tertiary/aromatic N) is 2. The van der Waals surface area contributed by atoms with Crippen LogP contribution < -0.4 is 10.2 Å². The highest BCUT2D eigenvalue weighted by molar-refractivity contribution is 8.00. The zero-order valence-electron chi connectivity index (χ0n) is 12.6. The van der Waals surface area contributed by atoms with E-state index in [0.717, 1.165) is 19.6 Å². The molecule has 2 rings (SSSR count). The SMILES string of the molecule is CC(C)(C)NCc1cnc(N2CCSC(C)(C)C2)s1. The molecule has 0 radical (unpaired) electrons. The molecule has 0 spiro atoms. The number of thiazole rings is 1. The zero-order valence-corrected chi connectivity index (χ0v) is 14.2. The molecule has 1 aromatic rings. The van der Waals surface area contributed by atoms with Gasteiger partial charge in [-0.25, -0.2) is 4.98 Å². The third-order valence-electron chi connectivity index (χ3n) is 3.03. The summed E-state index contributed by atoms with van der Waals surface area (Å²) in [5.41, 5.74) is 0.161. The highest BCUT2D eigenvalue weighted by Crippen LogP contribution is 2.33. The standard InChI is InChI=1S/C14H25N3S2/c1-13(2,3)16-9-11-8-15-12(19-11)17-6-7-18-14(4,5)10-17/h8,16H,6-7,9-10H2,1-5H3. The molecule has 0 saturated carbocycles. The lowest BCUT2D eigenvalue weighted by Gasteiger charge is -2.37. The topological polar surface area (TPSA) is 28.2 Å². The molecular weight excluding hydrogens is 274 g/mol. The Bertz CT molecular complexity index is 421. The summed E-state index contributed by atoms with van der Waals surface area (Å²) in [6.45, 7) is 14.3. The molecule has 1 aliphatic heterocycles. The summed E-state index contributed by atoms with van der Waals surface area (Å²) in [6.07, 6.45) is 2.02. The van der Waals surface area contributed by atoms with E-state index in [2.05, 4.69) is 61.6 Å². The summed E-state index contributed by atoms with van der Waals surface area (Å²) >= 11 is 3.89. The Morgan fingerprint density at radius 2 is 2.16 bits per heavy atom. The first kappa shape index (κ1) is 15.1. The van der Waals surface area contributed by atoms with E-state index in [0.29, 0.717) is 4.75 Å². The average Bonchev–Trinajstić information content (AvgIpc) is 2.72. The Morgan fingerprint density at radius 1 is 1.42 bits per heavy atom. The van der Waals surface area contributed by atoms with Crippen LogP contribution in [0.2, 0.25) is 0 Å². The minimum absolute atomic E-state index is 0.161. The Morgan fingerprint density at radius 3 is 2.79 bits per heavy atom. The summed E-state index contributed by atoms with van der Waals surface area (Å²) < 4.78 is 0.341. The molecule has 0 aliphatic carbocycles. The van der Waals surface area contributed by atoms with Gasteiger partial charge < -0.3 is 10.2 Å². The van der Waals surface area contributed by atoms with E-state index >= 15 is 0 Å². The van der Waals surface area contributed by atoms with Crippen molar-refractivity contribution < 1.29 is 0 Å². The highest BCUT2D eigenvalue weighted by atomic mass is 32.2. The molecule has 0 atom stereocenters. The first-order valence-corrected chi connectivity index (χ1v) is 8.64. The Balaban J connectivity index is 1.97. The van der Waals surface area contributed by atoms with Crippen molar-refractivity contribution in [1.29, 1.82) is 0 Å². The van der Waals surface area contributed by atoms with Gasteiger partial charge in [0.2, 0.25) is 0 Å². The second-order valence-electron chi connectivity index (χ2n) is 6.74. The molecule has 0 bridgehead atoms. The van der Waals surface area contributed by atoms with Crippen molar-refractivity contribution in [3.63, 3.8) is 0 Å². The molecule has 0 unspecified atom stereocenters. The number of anilines is 1. The van der Waals surface area contributed by atoms with E-state index in [9.17, 15) is 0 Å². The molecule has 1 aromatic heterocycles. The number of thioether (sulfide) groups is 1. The van der Waals surface area contributed by atoms with Gasteiger partial charge in [-0.1, -0.05) is 0 Å². The molecule has 1 aliphatic rings. The van der Waals surface area contributed by atoms with E-state index < -0.39 is 0 Å². The van der Waals surface area contributed by atoms with Gasteiger partial charge in [-0.2, -0.15) is 11.8 Å². The third-order valence-corrected chi connectivity index (χ3v) is 5.39. The van der Waals surface area contributed by atoms with Crippen LogP contribution in [0.1, 0.15) is 39.5 Å². The predicted octanol–water partition coefficient (Wildman–Crippen LogP) is 3.36. The van der Waals surface area contributed by atoms with Crippen molar-refractivity contribution in [2.24, 2.45) is 0 Å². The molecule has 1 fully saturated rings. The lowest BCUT2D eigenvalue weighted by Crippen LogP contribution is -2.43. The van der Waals surface area contributed by atoms with Crippen LogP contribution >= 0.6 is 23.1 Å². The van der Waals surface area contributed by atoms with Crippen LogP contribution in [0.25, 0.3) is 0 Å². The summed E-state index contributed by atoms with van der Waals surface area (Å²) in [5, 5.41) is 4.70. The van der Waals surface area contributed by atoms with Gasteiger partial charge in [0.05, 0.1) is 0 Å². The molecule has 2 heterocycles. The molecule has 0 amide bonds. The average molecular weight is 300 g/mol. The largest absolute Gasteiger partial charge is 0.346 e. The fourth-order valence-electron chi connectivity index (χ4n) is 2.06. The van der Waals surface area contributed by atoms with Gasteiger partial charge in [0.1, 0.15) is 0 Å². The maximum absolute atomic E-state index is 4.60. The van der Waals surface area contributed by atoms with Gasteiger partial charge in [0.15, 0.2) is 5.13 Å². The van der Waals surface area contributed by atoms with Gasteiger partial charge >= 0.3 is 0 Å². The molecular formula is C14H25N3S2. The normalized spacial score (nSPS) is 19.7. The van der Waals surface area contributed by atoms with Crippen LogP contribution in [0.5, 0.6) is 0 Å². The summed E-state index contributed by atoms with van der Waals surface area (Å²) in [5.74, 6) is 1.20. The van der Waals surface area contributed by atoms with Crippen LogP contribution in [0.4, 0.5) is 5.13 Å². The molecule has 3 nitrogen and oxygen atoms in total. The van der Waals surface area contributed by atoms with Gasteiger partial charge in [-0.3, -0.25) is 0 Å². The van der Waals surface area contributed by atoms with E-state index in [1.165, 1.54) is 15.8 Å². The van der Waals surface area contributed by atoms with Crippen molar-refractivity contribution in [3.8, 4) is 0 Å². The maximum atomic E-state index is 4.60. The number of hydrogen-bond donors (Lipinski definition) is 1. The number of rotatable bonds is 3. The third kappa shape index (κ3) is 4.65. The lowest BCUT2D eigenvalue weighted by atomic mass is 10.1. The highest BCUT2D eigenvalue weighted by Gasteiger charge is 2.28. The Hall–Kier alpha value is -0.260. The van der Waals surface area contributed by atoms with E-state index in [-0.39, 0.29) is 5.54 Å². The van der Waals surface area contributed by atoms with Crippen LogP contribution in [-0.2, 0) is 6.54 Å². The molecule has 1 saturated heterocycles. The fourth-order valence-corrected chi connectivity index (χ4v) is 4.04. The first-order chi connectivity index (χ1) is 8.75. The van der Waals surface area contributed by atoms with Gasteiger partial charge in [-0.05, 0) is 34.6 Å². The molecule has 1 N–H and O–H groups in total. The van der Waals surface area contributed by atoms with Crippen molar-refractivity contribution in [2.45, 2.75) is 51.4 Å². The van der Waals surface area contributed by atoms with Crippen molar-refractivity contribution in [2.75, 3.05) is 23.7 Å². The minimum atomic E-state index is 0.161. The van der Waals surface area contributed by atoms with Crippen molar-refractivity contribution in [3.05, 3.63) is 11.1 Å². The second-order valence-corrected chi connectivity index (χ2v) is 9.64. The van der Waals surface area contributed by atoms with Gasteiger partial charge in [-0.15, -0.1) is 11.3 Å². The fraction of sp³-hybridized carbons (Fsp3) is 0.786. The zero-order chi connectivity index (χ0) is 14.1. The van der Waals surface area contributed by atoms with Crippen LogP contribution in [0.3, 0.4) is 0 Å². The number of nitrogens with one attached hydrogen (secondary N) is 1. The maximum Gasteiger partial charge on any atom is 0.185 e. The second kappa shape index (κ2) is 5.62. The monoisotopic (exact) mass is 299 g/mol. The summed E-state index contributed by atoms with van der Waals surface area (Å²) in [6, 6.07) is 0. The predicted molar refractivity (Wildman–Crippen MR) is 87.5 cm³/mol. The Kier molecular flexibility index (Phi) is 4.48.